The summed E-state index contributed by atoms with van der Waals surface area (Å²) in [6, 6.07) is 7.03. The smallest absolute Gasteiger partial charge is 0.423 e. The number of alkyl halides is 3. The molecule has 0 radical (unpaired) electrons. The van der Waals surface area contributed by atoms with Gasteiger partial charge in [0, 0.05) is 38.0 Å². The molecule has 0 saturated carbocycles. The molecule has 1 atom stereocenters. The van der Waals surface area contributed by atoms with Gasteiger partial charge in [-0.25, -0.2) is 9.37 Å². The van der Waals surface area contributed by atoms with Gasteiger partial charge in [0.1, 0.15) is 23.2 Å². The molecule has 3 aromatic rings. The number of likely N-dealkylation sites (tertiary alicyclic amines) is 1. The van der Waals surface area contributed by atoms with Crippen LogP contribution in [0, 0.1) is 5.82 Å². The lowest BCUT2D eigenvalue weighted by molar-refractivity contribution is -0.139. The number of carbonyl (C=O) groups is 1. The maximum absolute atomic E-state index is 14.9. The van der Waals surface area contributed by atoms with Gasteiger partial charge >= 0.3 is 6.18 Å². The molecule has 3 heterocycles. The summed E-state index contributed by atoms with van der Waals surface area (Å²) in [4.78, 5) is 21.9. The molecule has 2 aromatic carbocycles. The molecule has 13 heteroatoms. The summed E-state index contributed by atoms with van der Waals surface area (Å²) in [5.74, 6) is -2.24. The van der Waals surface area contributed by atoms with Gasteiger partial charge in [0.25, 0.3) is 5.91 Å². The third-order valence-corrected chi connectivity index (χ3v) is 6.19. The second kappa shape index (κ2) is 9.97. The quantitative estimate of drug-likeness (QED) is 0.429. The first-order chi connectivity index (χ1) is 18.1. The molecule has 0 bridgehead atoms. The maximum atomic E-state index is 14.9. The zero-order valence-corrected chi connectivity index (χ0v) is 20.4. The minimum absolute atomic E-state index is 0.0127. The number of methoxy groups -OCH3 is 1. The second-order valence-electron chi connectivity index (χ2n) is 8.88. The Morgan fingerprint density at radius 3 is 2.71 bits per heavy atom. The molecule has 2 N–H and O–H groups in total. The number of hydrogen-bond donors (Lipinski definition) is 2. The highest BCUT2D eigenvalue weighted by Crippen LogP contribution is 2.40. The van der Waals surface area contributed by atoms with Gasteiger partial charge in [-0.3, -0.25) is 4.79 Å². The molecule has 2 aliphatic heterocycles. The van der Waals surface area contributed by atoms with Crippen LogP contribution in [-0.4, -0.2) is 54.1 Å². The van der Waals surface area contributed by atoms with Crippen LogP contribution in [0.4, 0.5) is 29.2 Å². The van der Waals surface area contributed by atoms with Crippen LogP contribution in [0.3, 0.4) is 0 Å². The molecule has 200 valence electrons. The average Bonchev–Trinajstić information content (AvgIpc) is 3.45. The minimum Gasteiger partial charge on any atom is -0.494 e. The summed E-state index contributed by atoms with van der Waals surface area (Å²) >= 11 is 0. The van der Waals surface area contributed by atoms with E-state index >= 15 is 0 Å². The number of halogens is 4. The van der Waals surface area contributed by atoms with E-state index in [2.05, 4.69) is 25.5 Å². The van der Waals surface area contributed by atoms with Crippen molar-refractivity contribution in [2.24, 2.45) is 0 Å². The fourth-order valence-corrected chi connectivity index (χ4v) is 4.32. The van der Waals surface area contributed by atoms with Gasteiger partial charge in [0.2, 0.25) is 11.8 Å². The van der Waals surface area contributed by atoms with Crippen LogP contribution in [-0.2, 0) is 12.7 Å². The van der Waals surface area contributed by atoms with Crippen molar-refractivity contribution < 1.29 is 36.6 Å². The van der Waals surface area contributed by atoms with Crippen LogP contribution >= 0.6 is 0 Å². The highest BCUT2D eigenvalue weighted by atomic mass is 19.4. The van der Waals surface area contributed by atoms with Gasteiger partial charge in [-0.2, -0.15) is 18.2 Å². The van der Waals surface area contributed by atoms with Crippen molar-refractivity contribution in [3.63, 3.8) is 0 Å². The fraction of sp³-hybridized carbons (Fsp3) is 0.320. The highest BCUT2D eigenvalue weighted by Gasteiger charge is 2.37. The van der Waals surface area contributed by atoms with Crippen molar-refractivity contribution in [2.45, 2.75) is 25.2 Å². The number of anilines is 2. The largest absolute Gasteiger partial charge is 0.494 e. The third-order valence-electron chi connectivity index (χ3n) is 6.19. The first-order valence-corrected chi connectivity index (χ1v) is 11.6. The summed E-state index contributed by atoms with van der Waals surface area (Å²) in [6.07, 6.45) is -3.74. The number of carbonyl (C=O) groups excluding carboxylic acids is 1. The highest BCUT2D eigenvalue weighted by molar-refractivity contribution is 6.01. The summed E-state index contributed by atoms with van der Waals surface area (Å²) < 4.78 is 72.7. The molecule has 5 rings (SSSR count). The van der Waals surface area contributed by atoms with E-state index < -0.39 is 29.3 Å². The molecular weight excluding hydrogens is 510 g/mol. The normalized spacial score (nSPS) is 17.2. The van der Waals surface area contributed by atoms with Crippen LogP contribution in [0.2, 0.25) is 0 Å². The van der Waals surface area contributed by atoms with Gasteiger partial charge in [0.15, 0.2) is 11.6 Å². The van der Waals surface area contributed by atoms with E-state index in [9.17, 15) is 22.4 Å². The van der Waals surface area contributed by atoms with Gasteiger partial charge in [-0.05, 0) is 25.1 Å². The molecule has 9 nitrogen and oxygen atoms in total. The molecule has 1 saturated heterocycles. The zero-order valence-electron chi connectivity index (χ0n) is 20.4. The molecule has 1 fully saturated rings. The van der Waals surface area contributed by atoms with Gasteiger partial charge in [0.05, 0.1) is 18.4 Å². The second-order valence-corrected chi connectivity index (χ2v) is 8.88. The number of aromatic nitrogens is 2. The summed E-state index contributed by atoms with van der Waals surface area (Å²) in [6.45, 7) is 1.71. The number of nitrogens with zero attached hydrogens (tertiary/aromatic N) is 3. The maximum Gasteiger partial charge on any atom is 0.423 e. The lowest BCUT2D eigenvalue weighted by Crippen LogP contribution is -2.21. The number of likely N-dealkylation sites (N-methyl/N-ethyl adjacent to an activating group) is 1. The Bertz CT molecular complexity index is 1380. The Morgan fingerprint density at radius 2 is 2.00 bits per heavy atom. The van der Waals surface area contributed by atoms with E-state index in [1.54, 1.807) is 12.1 Å². The standard InChI is InChI=1S/C25H23F4N5O4/c1-34-7-6-14(12-34)37-19-9-20(36-2)17(8-16(19)26)32-24-31-11-15(25(27,28)29)23(33-24)38-18-5-3-4-13-10-30-22(35)21(13)18/h3-5,8-9,11,14H,6-7,10,12H2,1-2H3,(H,30,35)(H,31,32,33). The molecule has 1 aromatic heterocycles. The van der Waals surface area contributed by atoms with E-state index in [1.165, 1.54) is 19.2 Å². The van der Waals surface area contributed by atoms with Gasteiger partial charge in [-0.15, -0.1) is 0 Å². The van der Waals surface area contributed by atoms with Crippen LogP contribution in [0.1, 0.15) is 27.9 Å². The zero-order chi connectivity index (χ0) is 27.0. The van der Waals surface area contributed by atoms with Crippen molar-refractivity contribution >= 4 is 17.5 Å². The van der Waals surface area contributed by atoms with E-state index in [0.717, 1.165) is 19.0 Å². The predicted octanol–water partition coefficient (Wildman–Crippen LogP) is 4.51. The fourth-order valence-electron chi connectivity index (χ4n) is 4.32. The number of fused-ring (bicyclic) bond motifs is 1. The van der Waals surface area contributed by atoms with Crippen LogP contribution in [0.5, 0.6) is 23.1 Å². The molecule has 2 aliphatic rings. The van der Waals surface area contributed by atoms with Gasteiger partial charge < -0.3 is 29.7 Å². The number of nitrogens with one attached hydrogen (secondary N) is 2. The van der Waals surface area contributed by atoms with Crippen molar-refractivity contribution in [2.75, 3.05) is 32.6 Å². The monoisotopic (exact) mass is 533 g/mol. The third kappa shape index (κ3) is 5.14. The molecule has 38 heavy (non-hydrogen) atoms. The first kappa shape index (κ1) is 25.5. The Labute approximate surface area is 214 Å². The van der Waals surface area contributed by atoms with E-state index in [0.29, 0.717) is 18.3 Å². The number of ether oxygens (including phenoxy) is 3. The Balaban J connectivity index is 1.45. The Hall–Kier alpha value is -4.13. The van der Waals surface area contributed by atoms with Crippen molar-refractivity contribution in [3.8, 4) is 23.1 Å². The topological polar surface area (TPSA) is 97.8 Å². The molecular formula is C25H23F4N5O4. The van der Waals surface area contributed by atoms with Crippen molar-refractivity contribution in [1.29, 1.82) is 0 Å². The van der Waals surface area contributed by atoms with Crippen molar-refractivity contribution in [3.05, 3.63) is 59.0 Å². The summed E-state index contributed by atoms with van der Waals surface area (Å²) in [5, 5.41) is 5.28. The Kier molecular flexibility index (Phi) is 6.69. The van der Waals surface area contributed by atoms with Gasteiger partial charge in [-0.1, -0.05) is 12.1 Å². The minimum atomic E-state index is -4.84. The summed E-state index contributed by atoms with van der Waals surface area (Å²) in [7, 11) is 3.30. The number of rotatable bonds is 7. The lowest BCUT2D eigenvalue weighted by atomic mass is 10.1. The lowest BCUT2D eigenvalue weighted by Gasteiger charge is -2.18. The molecule has 0 spiro atoms. The van der Waals surface area contributed by atoms with Crippen LogP contribution in [0.15, 0.2) is 36.5 Å². The van der Waals surface area contributed by atoms with E-state index in [-0.39, 0.29) is 47.1 Å². The van der Waals surface area contributed by atoms with E-state index in [4.69, 9.17) is 14.2 Å². The average molecular weight is 533 g/mol. The summed E-state index contributed by atoms with van der Waals surface area (Å²) in [5.41, 5.74) is -0.476. The SMILES string of the molecule is COc1cc(OC2CCN(C)C2)c(F)cc1Nc1ncc(C(F)(F)F)c(Oc2cccc3c2C(=O)NC3)n1. The number of hydrogen-bond acceptors (Lipinski definition) is 8. The molecule has 1 amide bonds. The molecule has 1 unspecified atom stereocenters. The van der Waals surface area contributed by atoms with Crippen LogP contribution < -0.4 is 24.8 Å². The number of benzene rings is 2. The molecule has 0 aliphatic carbocycles. The number of amides is 1. The first-order valence-electron chi connectivity index (χ1n) is 11.6. The Morgan fingerprint density at radius 1 is 1.18 bits per heavy atom. The van der Waals surface area contributed by atoms with E-state index in [1.807, 2.05) is 7.05 Å². The predicted molar refractivity (Wildman–Crippen MR) is 127 cm³/mol. The van der Waals surface area contributed by atoms with Crippen molar-refractivity contribution in [1.82, 2.24) is 20.2 Å². The van der Waals surface area contributed by atoms with Crippen LogP contribution in [0.25, 0.3) is 0 Å².